The fourth-order valence-corrected chi connectivity index (χ4v) is 1.95. The maximum atomic E-state index is 11.6. The van der Waals surface area contributed by atoms with Crippen molar-refractivity contribution in [3.05, 3.63) is 24.3 Å². The molecule has 0 unspecified atom stereocenters. The van der Waals surface area contributed by atoms with Crippen molar-refractivity contribution in [3.63, 3.8) is 0 Å². The lowest BCUT2D eigenvalue weighted by Crippen LogP contribution is -2.29. The Kier molecular flexibility index (Phi) is 10.8. The van der Waals surface area contributed by atoms with E-state index in [1.54, 1.807) is 0 Å². The number of carbonyl (C=O) groups is 1. The summed E-state index contributed by atoms with van der Waals surface area (Å²) in [6.07, 6.45) is 10.4. The molecule has 3 heteroatoms. The van der Waals surface area contributed by atoms with Crippen LogP contribution in [0.5, 0.6) is 0 Å². The average molecular weight is 282 g/mol. The van der Waals surface area contributed by atoms with Gasteiger partial charge in [-0.15, -0.1) is 0 Å². The zero-order valence-corrected chi connectivity index (χ0v) is 13.6. The van der Waals surface area contributed by atoms with E-state index >= 15 is 0 Å². The lowest BCUT2D eigenvalue weighted by molar-refractivity contribution is -0.00986. The van der Waals surface area contributed by atoms with Crippen LogP contribution in [0.25, 0.3) is 0 Å². The first-order valence-corrected chi connectivity index (χ1v) is 7.62. The summed E-state index contributed by atoms with van der Waals surface area (Å²) in [7, 11) is 0. The van der Waals surface area contributed by atoms with Gasteiger partial charge in [0.1, 0.15) is 6.10 Å². The van der Waals surface area contributed by atoms with Crippen LogP contribution >= 0.6 is 0 Å². The number of hydrogen-bond donors (Lipinski definition) is 0. The van der Waals surface area contributed by atoms with Crippen LogP contribution in [0.4, 0.5) is 4.79 Å². The van der Waals surface area contributed by atoms with Gasteiger partial charge in [0, 0.05) is 0 Å². The SMILES string of the molecule is CC/C=C\C/C=C\CCOC(=O)OC(C(C)C)C(C)C. The molecule has 0 heterocycles. The fourth-order valence-electron chi connectivity index (χ4n) is 1.95. The summed E-state index contributed by atoms with van der Waals surface area (Å²) in [6.45, 7) is 10.7. The Morgan fingerprint density at radius 3 is 2.15 bits per heavy atom. The second-order valence-electron chi connectivity index (χ2n) is 5.54. The average Bonchev–Trinajstić information content (AvgIpc) is 2.38. The topological polar surface area (TPSA) is 35.5 Å². The van der Waals surface area contributed by atoms with E-state index in [0.717, 1.165) is 19.3 Å². The van der Waals surface area contributed by atoms with Gasteiger partial charge in [-0.05, 0) is 31.1 Å². The molecule has 0 bridgehead atoms. The Hall–Kier alpha value is -1.25. The number of rotatable bonds is 9. The van der Waals surface area contributed by atoms with Crippen molar-refractivity contribution >= 4 is 6.16 Å². The van der Waals surface area contributed by atoms with E-state index in [4.69, 9.17) is 9.47 Å². The predicted molar refractivity (Wildman–Crippen MR) is 83.7 cm³/mol. The van der Waals surface area contributed by atoms with Gasteiger partial charge in [-0.25, -0.2) is 4.79 Å². The molecule has 0 N–H and O–H groups in total. The van der Waals surface area contributed by atoms with E-state index in [9.17, 15) is 4.79 Å². The van der Waals surface area contributed by atoms with E-state index in [0.29, 0.717) is 18.4 Å². The standard InChI is InChI=1S/C17H30O3/c1-6-7-8-9-10-11-12-13-19-17(18)20-16(14(2)3)15(4)5/h7-8,10-11,14-16H,6,9,12-13H2,1-5H3/b8-7-,11-10-. The minimum absolute atomic E-state index is 0.0859. The van der Waals surface area contributed by atoms with Crippen molar-refractivity contribution in [1.29, 1.82) is 0 Å². The van der Waals surface area contributed by atoms with Crippen LogP contribution in [0.2, 0.25) is 0 Å². The molecule has 0 rings (SSSR count). The largest absolute Gasteiger partial charge is 0.508 e. The molecule has 0 radical (unpaired) electrons. The summed E-state index contributed by atoms with van der Waals surface area (Å²) in [5.41, 5.74) is 0. The van der Waals surface area contributed by atoms with Crippen LogP contribution in [-0.4, -0.2) is 18.9 Å². The quantitative estimate of drug-likeness (QED) is 0.334. The van der Waals surface area contributed by atoms with Crippen molar-refractivity contribution in [2.45, 2.75) is 60.0 Å². The molecule has 0 saturated heterocycles. The van der Waals surface area contributed by atoms with Crippen molar-refractivity contribution in [2.75, 3.05) is 6.61 Å². The normalized spacial score (nSPS) is 12.2. The lowest BCUT2D eigenvalue weighted by atomic mass is 9.96. The molecule has 0 saturated carbocycles. The van der Waals surface area contributed by atoms with Crippen LogP contribution in [-0.2, 0) is 9.47 Å². The summed E-state index contributed by atoms with van der Waals surface area (Å²) >= 11 is 0. The third-order valence-electron chi connectivity index (χ3n) is 2.89. The summed E-state index contributed by atoms with van der Waals surface area (Å²) in [4.78, 5) is 11.6. The first kappa shape index (κ1) is 18.8. The second-order valence-corrected chi connectivity index (χ2v) is 5.54. The molecule has 0 aliphatic carbocycles. The smallest absolute Gasteiger partial charge is 0.434 e. The number of carbonyl (C=O) groups excluding carboxylic acids is 1. The monoisotopic (exact) mass is 282 g/mol. The Labute approximate surface area is 124 Å². The van der Waals surface area contributed by atoms with E-state index in [-0.39, 0.29) is 6.10 Å². The van der Waals surface area contributed by atoms with Crippen LogP contribution in [0.15, 0.2) is 24.3 Å². The summed E-state index contributed by atoms with van der Waals surface area (Å²) < 4.78 is 10.4. The molecule has 0 fully saturated rings. The molecule has 0 aliphatic rings. The molecule has 20 heavy (non-hydrogen) atoms. The molecule has 0 aliphatic heterocycles. The van der Waals surface area contributed by atoms with Gasteiger partial charge in [0.05, 0.1) is 6.61 Å². The van der Waals surface area contributed by atoms with Gasteiger partial charge in [0.2, 0.25) is 0 Å². The highest BCUT2D eigenvalue weighted by Crippen LogP contribution is 2.16. The van der Waals surface area contributed by atoms with E-state index in [2.05, 4.69) is 25.2 Å². The van der Waals surface area contributed by atoms with Crippen LogP contribution in [0.3, 0.4) is 0 Å². The molecule has 0 aromatic carbocycles. The van der Waals surface area contributed by atoms with Gasteiger partial charge in [-0.2, -0.15) is 0 Å². The Morgan fingerprint density at radius 1 is 1.00 bits per heavy atom. The van der Waals surface area contributed by atoms with Gasteiger partial charge in [-0.1, -0.05) is 58.9 Å². The molecule has 0 spiro atoms. The highest BCUT2D eigenvalue weighted by molar-refractivity contribution is 5.60. The fraction of sp³-hybridized carbons (Fsp3) is 0.706. The van der Waals surface area contributed by atoms with Gasteiger partial charge in [0.15, 0.2) is 0 Å². The van der Waals surface area contributed by atoms with Crippen molar-refractivity contribution < 1.29 is 14.3 Å². The molecular weight excluding hydrogens is 252 g/mol. The Balaban J connectivity index is 3.80. The Morgan fingerprint density at radius 2 is 1.60 bits per heavy atom. The van der Waals surface area contributed by atoms with Crippen molar-refractivity contribution in [1.82, 2.24) is 0 Å². The maximum absolute atomic E-state index is 11.6. The van der Waals surface area contributed by atoms with Crippen LogP contribution in [0, 0.1) is 11.8 Å². The van der Waals surface area contributed by atoms with Crippen LogP contribution < -0.4 is 0 Å². The first-order valence-electron chi connectivity index (χ1n) is 7.62. The van der Waals surface area contributed by atoms with Crippen molar-refractivity contribution in [3.8, 4) is 0 Å². The lowest BCUT2D eigenvalue weighted by Gasteiger charge is -2.24. The minimum Gasteiger partial charge on any atom is -0.434 e. The third kappa shape index (κ3) is 9.65. The van der Waals surface area contributed by atoms with Crippen molar-refractivity contribution in [2.24, 2.45) is 11.8 Å². The molecule has 0 atom stereocenters. The maximum Gasteiger partial charge on any atom is 0.508 e. The molecule has 0 amide bonds. The summed E-state index contributed by atoms with van der Waals surface area (Å²) in [5.74, 6) is 0.598. The molecule has 116 valence electrons. The highest BCUT2D eigenvalue weighted by atomic mass is 16.7. The van der Waals surface area contributed by atoms with Gasteiger partial charge in [-0.3, -0.25) is 0 Å². The van der Waals surface area contributed by atoms with Gasteiger partial charge >= 0.3 is 6.16 Å². The second kappa shape index (κ2) is 11.6. The highest BCUT2D eigenvalue weighted by Gasteiger charge is 2.22. The molecule has 3 nitrogen and oxygen atoms in total. The number of ether oxygens (including phenoxy) is 2. The summed E-state index contributed by atoms with van der Waals surface area (Å²) in [5, 5.41) is 0. The van der Waals surface area contributed by atoms with E-state index in [1.807, 2.05) is 33.8 Å². The van der Waals surface area contributed by atoms with E-state index in [1.165, 1.54) is 0 Å². The van der Waals surface area contributed by atoms with Gasteiger partial charge < -0.3 is 9.47 Å². The zero-order valence-electron chi connectivity index (χ0n) is 13.6. The molecule has 0 aromatic heterocycles. The molecule has 0 aromatic rings. The molecular formula is C17H30O3. The summed E-state index contributed by atoms with van der Waals surface area (Å²) in [6, 6.07) is 0. The zero-order chi connectivity index (χ0) is 15.4. The first-order chi connectivity index (χ1) is 9.49. The van der Waals surface area contributed by atoms with Crippen LogP contribution in [0.1, 0.15) is 53.9 Å². The number of allylic oxidation sites excluding steroid dienone is 3. The van der Waals surface area contributed by atoms with E-state index < -0.39 is 6.16 Å². The van der Waals surface area contributed by atoms with Gasteiger partial charge in [0.25, 0.3) is 0 Å². The minimum atomic E-state index is -0.559. The predicted octanol–water partition coefficient (Wildman–Crippen LogP) is 5.12. The Bertz CT molecular complexity index is 295. The number of hydrogen-bond acceptors (Lipinski definition) is 3. The third-order valence-corrected chi connectivity index (χ3v) is 2.89.